The number of sulfonamides is 1. The van der Waals surface area contributed by atoms with E-state index in [-0.39, 0.29) is 5.69 Å². The molecule has 0 unspecified atom stereocenters. The van der Waals surface area contributed by atoms with E-state index in [0.29, 0.717) is 17.6 Å². The molecule has 1 aliphatic rings. The van der Waals surface area contributed by atoms with Gasteiger partial charge < -0.3 is 14.8 Å². The highest BCUT2D eigenvalue weighted by Crippen LogP contribution is 2.27. The van der Waals surface area contributed by atoms with Gasteiger partial charge in [-0.2, -0.15) is 0 Å². The molecule has 0 saturated carbocycles. The zero-order valence-electron chi connectivity index (χ0n) is 22.8. The fraction of sp³-hybridized carbons (Fsp3) is 0.226. The number of benzene rings is 3. The molecule has 3 heterocycles. The number of likely N-dealkylation sites (tertiary alicyclic amines) is 1. The number of fused-ring (bicyclic) bond motifs is 1. The van der Waals surface area contributed by atoms with E-state index in [1.165, 1.54) is 49.9 Å². The van der Waals surface area contributed by atoms with Gasteiger partial charge in [0.2, 0.25) is 0 Å². The van der Waals surface area contributed by atoms with Crippen LogP contribution < -0.4 is 10.0 Å². The van der Waals surface area contributed by atoms with E-state index >= 15 is 0 Å². The largest absolute Gasteiger partial charge is 0.347 e. The van der Waals surface area contributed by atoms with Crippen molar-refractivity contribution >= 4 is 38.1 Å². The van der Waals surface area contributed by atoms with Gasteiger partial charge in [0.25, 0.3) is 10.0 Å². The second kappa shape index (κ2) is 11.9. The standard InChI is InChI=1S/C31H30F2N6O2S/c32-24-5-11-30(27(33)19-24)42(40,41)37-26-8-6-25(7-9-26)36-31-20-28(34-21-35-31)22-4-10-29-23(18-22)12-17-39(29)16-3-15-38-13-1-2-14-38/h4-12,17-21,37H,1-3,13-16H2,(H,34,35,36). The summed E-state index contributed by atoms with van der Waals surface area (Å²) in [4.78, 5) is 10.7. The Labute approximate surface area is 243 Å². The molecule has 1 saturated heterocycles. The molecule has 2 N–H and O–H groups in total. The molecule has 5 aromatic rings. The number of rotatable bonds is 10. The minimum atomic E-state index is -4.23. The first kappa shape index (κ1) is 27.8. The van der Waals surface area contributed by atoms with Crippen LogP contribution in [-0.4, -0.2) is 47.5 Å². The summed E-state index contributed by atoms with van der Waals surface area (Å²) in [6.45, 7) is 4.58. The van der Waals surface area contributed by atoms with Gasteiger partial charge in [0.15, 0.2) is 0 Å². The van der Waals surface area contributed by atoms with Gasteiger partial charge in [-0.05, 0) is 93.5 Å². The molecule has 3 aromatic carbocycles. The number of nitrogens with zero attached hydrogens (tertiary/aromatic N) is 4. The smallest absolute Gasteiger partial charge is 0.264 e. The Hall–Kier alpha value is -4.35. The van der Waals surface area contributed by atoms with Crippen LogP contribution in [0.3, 0.4) is 0 Å². The van der Waals surface area contributed by atoms with Gasteiger partial charge in [-0.3, -0.25) is 4.72 Å². The Morgan fingerprint density at radius 1 is 0.833 bits per heavy atom. The van der Waals surface area contributed by atoms with E-state index in [9.17, 15) is 17.2 Å². The molecular weight excluding hydrogens is 558 g/mol. The average Bonchev–Trinajstić information content (AvgIpc) is 3.64. The second-order valence-corrected chi connectivity index (χ2v) is 12.0. The fourth-order valence-electron chi connectivity index (χ4n) is 5.28. The third-order valence-corrected chi connectivity index (χ3v) is 8.81. The quantitative estimate of drug-likeness (QED) is 0.196. The van der Waals surface area contributed by atoms with Gasteiger partial charge in [0, 0.05) is 52.7 Å². The van der Waals surface area contributed by atoms with Gasteiger partial charge in [-0.25, -0.2) is 27.2 Å². The summed E-state index contributed by atoms with van der Waals surface area (Å²) in [7, 11) is -4.23. The SMILES string of the molecule is O=S(=O)(Nc1ccc(Nc2cc(-c3ccc4c(ccn4CCCN4CCCC4)c3)ncn2)cc1)c1ccc(F)cc1F. The van der Waals surface area contributed by atoms with Crippen LogP contribution >= 0.6 is 0 Å². The molecule has 0 amide bonds. The molecule has 1 fully saturated rings. The summed E-state index contributed by atoms with van der Waals surface area (Å²) >= 11 is 0. The predicted octanol–water partition coefficient (Wildman–Crippen LogP) is 6.41. The van der Waals surface area contributed by atoms with E-state index in [4.69, 9.17) is 0 Å². The molecule has 1 aliphatic heterocycles. The third-order valence-electron chi connectivity index (χ3n) is 7.40. The van der Waals surface area contributed by atoms with Gasteiger partial charge in [0.1, 0.15) is 28.7 Å². The molecule has 0 radical (unpaired) electrons. The highest BCUT2D eigenvalue weighted by Gasteiger charge is 2.20. The van der Waals surface area contributed by atoms with Crippen LogP contribution in [0.5, 0.6) is 0 Å². The summed E-state index contributed by atoms with van der Waals surface area (Å²) in [5.74, 6) is -1.45. The summed E-state index contributed by atoms with van der Waals surface area (Å²) in [6.07, 6.45) is 7.40. The van der Waals surface area contributed by atoms with Crippen LogP contribution in [-0.2, 0) is 16.6 Å². The number of hydrogen-bond donors (Lipinski definition) is 2. The first-order valence-corrected chi connectivity index (χ1v) is 15.3. The number of aryl methyl sites for hydroxylation is 1. The minimum absolute atomic E-state index is 0.226. The topological polar surface area (TPSA) is 92.2 Å². The zero-order valence-corrected chi connectivity index (χ0v) is 23.6. The number of hydrogen-bond acceptors (Lipinski definition) is 6. The van der Waals surface area contributed by atoms with Crippen molar-refractivity contribution in [3.8, 4) is 11.3 Å². The first-order chi connectivity index (χ1) is 20.3. The van der Waals surface area contributed by atoms with Crippen molar-refractivity contribution in [1.82, 2.24) is 19.4 Å². The highest BCUT2D eigenvalue weighted by atomic mass is 32.2. The molecule has 8 nitrogen and oxygen atoms in total. The lowest BCUT2D eigenvalue weighted by molar-refractivity contribution is 0.326. The maximum Gasteiger partial charge on any atom is 0.264 e. The van der Waals surface area contributed by atoms with Gasteiger partial charge >= 0.3 is 0 Å². The van der Waals surface area contributed by atoms with Crippen molar-refractivity contribution < 1.29 is 17.2 Å². The first-order valence-electron chi connectivity index (χ1n) is 13.8. The Kier molecular flexibility index (Phi) is 7.86. The second-order valence-electron chi connectivity index (χ2n) is 10.4. The Morgan fingerprint density at radius 3 is 2.40 bits per heavy atom. The lowest BCUT2D eigenvalue weighted by atomic mass is 10.1. The zero-order chi connectivity index (χ0) is 29.1. The van der Waals surface area contributed by atoms with Crippen molar-refractivity contribution in [2.75, 3.05) is 29.7 Å². The number of anilines is 3. The van der Waals surface area contributed by atoms with Crippen LogP contribution in [0.1, 0.15) is 19.3 Å². The van der Waals surface area contributed by atoms with Gasteiger partial charge in [0.05, 0.1) is 5.69 Å². The molecule has 0 atom stereocenters. The minimum Gasteiger partial charge on any atom is -0.347 e. The Balaban J connectivity index is 1.11. The fourth-order valence-corrected chi connectivity index (χ4v) is 6.40. The molecular formula is C31H30F2N6O2S. The van der Waals surface area contributed by atoms with Crippen LogP contribution in [0.2, 0.25) is 0 Å². The Bertz CT molecular complexity index is 1820. The van der Waals surface area contributed by atoms with Crippen molar-refractivity contribution in [3.63, 3.8) is 0 Å². The van der Waals surface area contributed by atoms with Crippen molar-refractivity contribution in [3.05, 3.63) is 97.0 Å². The molecule has 11 heteroatoms. The van der Waals surface area contributed by atoms with Crippen LogP contribution in [0.4, 0.5) is 26.0 Å². The van der Waals surface area contributed by atoms with E-state index in [1.807, 2.05) is 6.07 Å². The molecule has 42 heavy (non-hydrogen) atoms. The number of halogens is 2. The van der Waals surface area contributed by atoms with E-state index < -0.39 is 26.6 Å². The molecule has 216 valence electrons. The summed E-state index contributed by atoms with van der Waals surface area (Å²) in [5.41, 5.74) is 3.83. The maximum atomic E-state index is 14.0. The van der Waals surface area contributed by atoms with Crippen molar-refractivity contribution in [1.29, 1.82) is 0 Å². The van der Waals surface area contributed by atoms with Crippen LogP contribution in [0.15, 0.2) is 90.2 Å². The summed E-state index contributed by atoms with van der Waals surface area (Å²) < 4.78 is 56.9. The molecule has 0 spiro atoms. The predicted molar refractivity (Wildman–Crippen MR) is 160 cm³/mol. The third kappa shape index (κ3) is 6.27. The van der Waals surface area contributed by atoms with Crippen LogP contribution in [0, 0.1) is 11.6 Å². The monoisotopic (exact) mass is 588 g/mol. The molecule has 0 bridgehead atoms. The van der Waals surface area contributed by atoms with Crippen LogP contribution in [0.25, 0.3) is 22.2 Å². The van der Waals surface area contributed by atoms with Crippen molar-refractivity contribution in [2.45, 2.75) is 30.7 Å². The molecule has 6 rings (SSSR count). The average molecular weight is 589 g/mol. The van der Waals surface area contributed by atoms with Crippen molar-refractivity contribution in [2.24, 2.45) is 0 Å². The maximum absolute atomic E-state index is 14.0. The van der Waals surface area contributed by atoms with E-state index in [2.05, 4.69) is 59.9 Å². The van der Waals surface area contributed by atoms with Gasteiger partial charge in [-0.1, -0.05) is 6.07 Å². The normalized spacial score (nSPS) is 14.0. The number of nitrogens with one attached hydrogen (secondary N) is 2. The van der Waals surface area contributed by atoms with E-state index in [0.717, 1.165) is 48.3 Å². The summed E-state index contributed by atoms with van der Waals surface area (Å²) in [5, 5.41) is 4.35. The Morgan fingerprint density at radius 2 is 1.62 bits per heavy atom. The number of aromatic nitrogens is 3. The molecule has 2 aromatic heterocycles. The lowest BCUT2D eigenvalue weighted by Gasteiger charge is -2.14. The molecule has 0 aliphatic carbocycles. The van der Waals surface area contributed by atoms with Gasteiger partial charge in [-0.15, -0.1) is 0 Å². The highest BCUT2D eigenvalue weighted by molar-refractivity contribution is 7.92. The summed E-state index contributed by atoms with van der Waals surface area (Å²) in [6, 6.07) is 19.0. The lowest BCUT2D eigenvalue weighted by Crippen LogP contribution is -2.21. The van der Waals surface area contributed by atoms with E-state index in [1.54, 1.807) is 12.1 Å².